The van der Waals surface area contributed by atoms with E-state index in [9.17, 15) is 18.4 Å². The van der Waals surface area contributed by atoms with Gasteiger partial charge in [0, 0.05) is 39.3 Å². The Balaban J connectivity index is 1.63. The fourth-order valence-corrected chi connectivity index (χ4v) is 5.63. The van der Waals surface area contributed by atoms with Gasteiger partial charge >= 0.3 is 5.97 Å². The Morgan fingerprint density at radius 2 is 1.85 bits per heavy atom. The van der Waals surface area contributed by atoms with Gasteiger partial charge in [-0.05, 0) is 63.9 Å². The van der Waals surface area contributed by atoms with Crippen molar-refractivity contribution in [1.82, 2.24) is 10.3 Å². The van der Waals surface area contributed by atoms with Crippen molar-refractivity contribution in [2.45, 2.75) is 64.4 Å². The number of benzene rings is 2. The predicted molar refractivity (Wildman–Crippen MR) is 158 cm³/mol. The summed E-state index contributed by atoms with van der Waals surface area (Å²) in [5.41, 5.74) is 1.67. The number of aromatic nitrogens is 1. The van der Waals surface area contributed by atoms with Crippen molar-refractivity contribution < 1.29 is 23.1 Å². The van der Waals surface area contributed by atoms with Crippen LogP contribution in [0.2, 0.25) is 5.02 Å². The highest BCUT2D eigenvalue weighted by molar-refractivity contribution is 9.10. The molecule has 0 bridgehead atoms. The van der Waals surface area contributed by atoms with Crippen LogP contribution in [0.1, 0.15) is 61.0 Å². The van der Waals surface area contributed by atoms with Crippen LogP contribution in [0.15, 0.2) is 46.9 Å². The maximum absolute atomic E-state index is 14.1. The molecule has 0 spiro atoms. The number of halogens is 4. The standard InChI is InChI=1S/C30H33BrClF2N3O3/c1-17-27(21-13-19(31)10-11-25(21)36-28(17)37-15-23(33)24(34)16-37)29(39)35-14-18(20-7-5-6-8-22(20)32)9-12-26(38)40-30(2,3)4/h5-8,10-11,13,18,23-24H,9,12,14-16H2,1-4H3,(H,35,39)/t18?,23-,24-/m1/s1. The van der Waals surface area contributed by atoms with E-state index in [2.05, 4.69) is 26.2 Å². The molecule has 2 aromatic carbocycles. The highest BCUT2D eigenvalue weighted by Crippen LogP contribution is 2.34. The molecule has 1 amide bonds. The van der Waals surface area contributed by atoms with Crippen molar-refractivity contribution in [2.75, 3.05) is 24.5 Å². The number of alkyl halides is 2. The van der Waals surface area contributed by atoms with Gasteiger partial charge < -0.3 is 15.0 Å². The van der Waals surface area contributed by atoms with Gasteiger partial charge in [0.05, 0.1) is 24.2 Å². The number of carbonyl (C=O) groups is 2. The molecule has 4 rings (SSSR count). The summed E-state index contributed by atoms with van der Waals surface area (Å²) in [7, 11) is 0. The third-order valence-electron chi connectivity index (χ3n) is 6.84. The first kappa shape index (κ1) is 30.2. The van der Waals surface area contributed by atoms with Gasteiger partial charge in [0.1, 0.15) is 11.4 Å². The van der Waals surface area contributed by atoms with Crippen LogP contribution in [-0.2, 0) is 9.53 Å². The van der Waals surface area contributed by atoms with Gasteiger partial charge in [-0.3, -0.25) is 9.59 Å². The van der Waals surface area contributed by atoms with E-state index in [1.807, 2.05) is 45.0 Å². The lowest BCUT2D eigenvalue weighted by molar-refractivity contribution is -0.155. The fraction of sp³-hybridized carbons (Fsp3) is 0.433. The van der Waals surface area contributed by atoms with E-state index in [-0.39, 0.29) is 43.8 Å². The lowest BCUT2D eigenvalue weighted by atomic mass is 9.93. The Morgan fingerprint density at radius 1 is 1.18 bits per heavy atom. The number of hydrogen-bond acceptors (Lipinski definition) is 5. The molecule has 1 saturated heterocycles. The number of anilines is 1. The molecular formula is C30H33BrClF2N3O3. The summed E-state index contributed by atoms with van der Waals surface area (Å²) >= 11 is 9.97. The summed E-state index contributed by atoms with van der Waals surface area (Å²) in [5.74, 6) is -0.561. The third-order valence-corrected chi connectivity index (χ3v) is 7.68. The van der Waals surface area contributed by atoms with Crippen molar-refractivity contribution in [2.24, 2.45) is 0 Å². The lowest BCUT2D eigenvalue weighted by Gasteiger charge is -2.24. The van der Waals surface area contributed by atoms with Crippen LogP contribution in [0.4, 0.5) is 14.6 Å². The molecule has 1 fully saturated rings. The SMILES string of the molecule is Cc1c(N2C[C@@H](F)[C@H](F)C2)nc2ccc(Br)cc2c1C(=O)NCC(CCC(=O)OC(C)(C)C)c1ccccc1Cl. The zero-order valence-electron chi connectivity index (χ0n) is 22.9. The zero-order chi connectivity index (χ0) is 29.2. The summed E-state index contributed by atoms with van der Waals surface area (Å²) in [6.45, 7) is 7.14. The van der Waals surface area contributed by atoms with Crippen LogP contribution in [0, 0.1) is 6.92 Å². The van der Waals surface area contributed by atoms with Gasteiger partial charge in [-0.2, -0.15) is 0 Å². The van der Waals surface area contributed by atoms with E-state index in [1.54, 1.807) is 30.0 Å². The van der Waals surface area contributed by atoms with Gasteiger partial charge in [-0.1, -0.05) is 45.7 Å². The molecule has 1 unspecified atom stereocenters. The fourth-order valence-electron chi connectivity index (χ4n) is 4.98. The highest BCUT2D eigenvalue weighted by atomic mass is 79.9. The van der Waals surface area contributed by atoms with Crippen LogP contribution >= 0.6 is 27.5 Å². The van der Waals surface area contributed by atoms with Crippen LogP contribution in [0.3, 0.4) is 0 Å². The monoisotopic (exact) mass is 635 g/mol. The lowest BCUT2D eigenvalue weighted by Crippen LogP contribution is -2.31. The molecule has 2 heterocycles. The van der Waals surface area contributed by atoms with Crippen molar-refractivity contribution in [3.05, 3.63) is 68.7 Å². The van der Waals surface area contributed by atoms with E-state index in [4.69, 9.17) is 16.3 Å². The second-order valence-corrected chi connectivity index (χ2v) is 12.4. The van der Waals surface area contributed by atoms with Crippen molar-refractivity contribution in [3.8, 4) is 0 Å². The smallest absolute Gasteiger partial charge is 0.306 e. The van der Waals surface area contributed by atoms with Gasteiger partial charge in [0.25, 0.3) is 5.91 Å². The molecule has 3 aromatic rings. The molecule has 10 heteroatoms. The minimum absolute atomic E-state index is 0.128. The Labute approximate surface area is 246 Å². The van der Waals surface area contributed by atoms with Gasteiger partial charge in [-0.25, -0.2) is 13.8 Å². The highest BCUT2D eigenvalue weighted by Gasteiger charge is 2.35. The van der Waals surface area contributed by atoms with Crippen LogP contribution in [-0.4, -0.2) is 54.4 Å². The maximum Gasteiger partial charge on any atom is 0.306 e. The van der Waals surface area contributed by atoms with E-state index in [1.165, 1.54) is 0 Å². The van der Waals surface area contributed by atoms with E-state index < -0.39 is 17.9 Å². The number of pyridine rings is 1. The van der Waals surface area contributed by atoms with Crippen LogP contribution in [0.25, 0.3) is 10.9 Å². The largest absolute Gasteiger partial charge is 0.460 e. The molecule has 214 valence electrons. The average molecular weight is 637 g/mol. The molecule has 0 aliphatic carbocycles. The molecule has 6 nitrogen and oxygen atoms in total. The summed E-state index contributed by atoms with van der Waals surface area (Å²) in [6, 6.07) is 12.7. The van der Waals surface area contributed by atoms with Gasteiger partial charge in [0.2, 0.25) is 0 Å². The Morgan fingerprint density at radius 3 is 2.50 bits per heavy atom. The van der Waals surface area contributed by atoms with Crippen molar-refractivity contribution in [1.29, 1.82) is 0 Å². The summed E-state index contributed by atoms with van der Waals surface area (Å²) in [5, 5.41) is 4.18. The number of esters is 1. The Kier molecular flexibility index (Phi) is 9.35. The summed E-state index contributed by atoms with van der Waals surface area (Å²) < 4.78 is 34.4. The zero-order valence-corrected chi connectivity index (χ0v) is 25.3. The second-order valence-electron chi connectivity index (χ2n) is 11.1. The minimum Gasteiger partial charge on any atom is -0.460 e. The number of carbonyl (C=O) groups excluding carboxylic acids is 2. The number of ether oxygens (including phenoxy) is 1. The summed E-state index contributed by atoms with van der Waals surface area (Å²) in [6.07, 6.45) is -2.66. The molecule has 1 aliphatic rings. The molecular weight excluding hydrogens is 604 g/mol. The molecule has 1 aromatic heterocycles. The molecule has 0 saturated carbocycles. The number of amides is 1. The first-order chi connectivity index (χ1) is 18.8. The first-order valence-corrected chi connectivity index (χ1v) is 14.4. The second kappa shape index (κ2) is 12.4. The number of rotatable bonds is 8. The Hall–Kier alpha value is -2.78. The molecule has 1 N–H and O–H groups in total. The molecule has 3 atom stereocenters. The quantitative estimate of drug-likeness (QED) is 0.267. The Bertz CT molecular complexity index is 1400. The van der Waals surface area contributed by atoms with E-state index >= 15 is 0 Å². The van der Waals surface area contributed by atoms with Crippen molar-refractivity contribution in [3.63, 3.8) is 0 Å². The average Bonchev–Trinajstić information content (AvgIpc) is 3.20. The predicted octanol–water partition coefficient (Wildman–Crippen LogP) is 7.09. The van der Waals surface area contributed by atoms with Gasteiger partial charge in [-0.15, -0.1) is 0 Å². The van der Waals surface area contributed by atoms with Crippen molar-refractivity contribution >= 4 is 56.1 Å². The normalized spacial score (nSPS) is 18.1. The number of fused-ring (bicyclic) bond motifs is 1. The summed E-state index contributed by atoms with van der Waals surface area (Å²) in [4.78, 5) is 32.5. The number of nitrogens with zero attached hydrogens (tertiary/aromatic N) is 2. The molecule has 1 aliphatic heterocycles. The van der Waals surface area contributed by atoms with Crippen LogP contribution in [0.5, 0.6) is 0 Å². The number of hydrogen-bond donors (Lipinski definition) is 1. The first-order valence-electron chi connectivity index (χ1n) is 13.2. The number of nitrogens with one attached hydrogen (secondary N) is 1. The van der Waals surface area contributed by atoms with E-state index in [0.717, 1.165) is 10.0 Å². The topological polar surface area (TPSA) is 71.5 Å². The molecule has 0 radical (unpaired) electrons. The third kappa shape index (κ3) is 7.10. The van der Waals surface area contributed by atoms with Gasteiger partial charge in [0.15, 0.2) is 12.3 Å². The molecule has 40 heavy (non-hydrogen) atoms. The van der Waals surface area contributed by atoms with Crippen LogP contribution < -0.4 is 10.2 Å². The van der Waals surface area contributed by atoms with E-state index in [0.29, 0.717) is 39.3 Å². The maximum atomic E-state index is 14.1. The minimum atomic E-state index is -1.61.